The molecule has 0 fully saturated rings. The topological polar surface area (TPSA) is 67.9 Å². The standard InChI is InChI=1S/C21H24N2O4S/c1-14(24)27-19-20(15-8-10-16(26-3)11-9-15)28-18-7-5-4-6-17(18)23(21(19)25)13-12-22-2/h4-11,19-20,22H,12-13H2,1-3H3/t19-,20+/m1/s1/i1D3. The maximum Gasteiger partial charge on any atom is 0.303 e. The van der Waals surface area contributed by atoms with Crippen LogP contribution < -0.4 is 15.0 Å². The summed E-state index contributed by atoms with van der Waals surface area (Å²) < 4.78 is 32.7. The number of carbonyl (C=O) groups is 2. The summed E-state index contributed by atoms with van der Waals surface area (Å²) in [6.45, 7) is -2.12. The summed E-state index contributed by atoms with van der Waals surface area (Å²) in [5, 5.41) is 2.38. The number of benzene rings is 2. The molecule has 0 radical (unpaired) electrons. The number of anilines is 1. The summed E-state index contributed by atoms with van der Waals surface area (Å²) in [4.78, 5) is 28.2. The summed E-state index contributed by atoms with van der Waals surface area (Å²) in [5.41, 5.74) is 1.41. The van der Waals surface area contributed by atoms with Crippen LogP contribution in [0.5, 0.6) is 5.75 Å². The van der Waals surface area contributed by atoms with Crippen LogP contribution in [0.2, 0.25) is 0 Å². The van der Waals surface area contributed by atoms with Crippen molar-refractivity contribution in [2.75, 3.05) is 32.1 Å². The minimum Gasteiger partial charge on any atom is -0.497 e. The third-order valence-corrected chi connectivity index (χ3v) is 5.83. The van der Waals surface area contributed by atoms with E-state index in [9.17, 15) is 9.59 Å². The van der Waals surface area contributed by atoms with Gasteiger partial charge in [-0.25, -0.2) is 0 Å². The lowest BCUT2D eigenvalue weighted by Gasteiger charge is -2.27. The lowest BCUT2D eigenvalue weighted by atomic mass is 10.1. The Kier molecular flexibility index (Phi) is 5.36. The number of nitrogens with one attached hydrogen (secondary N) is 1. The van der Waals surface area contributed by atoms with Crippen LogP contribution in [-0.2, 0) is 14.3 Å². The molecule has 2 aromatic rings. The monoisotopic (exact) mass is 403 g/mol. The summed E-state index contributed by atoms with van der Waals surface area (Å²) in [6.07, 6.45) is -1.31. The molecule has 2 aromatic carbocycles. The Hall–Kier alpha value is -2.51. The van der Waals surface area contributed by atoms with E-state index in [4.69, 9.17) is 13.6 Å². The molecule has 0 aliphatic carbocycles. The van der Waals surface area contributed by atoms with Crippen molar-refractivity contribution in [3.8, 4) is 5.75 Å². The van der Waals surface area contributed by atoms with Crippen LogP contribution in [0.15, 0.2) is 53.4 Å². The van der Waals surface area contributed by atoms with Crippen LogP contribution in [0.1, 0.15) is 21.8 Å². The maximum absolute atomic E-state index is 13.6. The number of thioether (sulfide) groups is 1. The molecule has 148 valence electrons. The Morgan fingerprint density at radius 1 is 1.25 bits per heavy atom. The van der Waals surface area contributed by atoms with Gasteiger partial charge in [0.05, 0.1) is 18.0 Å². The van der Waals surface area contributed by atoms with Crippen LogP contribution in [-0.4, -0.2) is 45.2 Å². The van der Waals surface area contributed by atoms with E-state index in [0.717, 1.165) is 4.90 Å². The van der Waals surface area contributed by atoms with Gasteiger partial charge in [0.1, 0.15) is 5.75 Å². The van der Waals surface area contributed by atoms with Crippen molar-refractivity contribution in [1.29, 1.82) is 0 Å². The summed E-state index contributed by atoms with van der Waals surface area (Å²) in [5.74, 6) is -1.23. The fraction of sp³-hybridized carbons (Fsp3) is 0.333. The predicted octanol–water partition coefficient (Wildman–Crippen LogP) is 3.03. The molecule has 1 heterocycles. The molecule has 0 spiro atoms. The highest BCUT2D eigenvalue weighted by Crippen LogP contribution is 2.46. The number of ether oxygens (including phenoxy) is 2. The Morgan fingerprint density at radius 3 is 2.68 bits per heavy atom. The lowest BCUT2D eigenvalue weighted by molar-refractivity contribution is -0.152. The second kappa shape index (κ2) is 9.12. The molecule has 6 nitrogen and oxygen atoms in total. The zero-order valence-corrected chi connectivity index (χ0v) is 16.5. The van der Waals surface area contributed by atoms with E-state index in [1.54, 1.807) is 43.3 Å². The molecule has 2 atom stereocenters. The molecule has 1 amide bonds. The SMILES string of the molecule is [2H]C([2H])([2H])C(=O)O[C@H]1C(=O)N(CCNC)c2ccccc2S[C@H]1c1ccc(OC)cc1. The number of para-hydroxylation sites is 1. The zero-order valence-electron chi connectivity index (χ0n) is 18.7. The van der Waals surface area contributed by atoms with Gasteiger partial charge in [-0.2, -0.15) is 0 Å². The van der Waals surface area contributed by atoms with E-state index < -0.39 is 30.1 Å². The second-order valence-electron chi connectivity index (χ2n) is 6.20. The number of esters is 1. The van der Waals surface area contributed by atoms with Crippen molar-refractivity contribution in [3.63, 3.8) is 0 Å². The van der Waals surface area contributed by atoms with Crippen LogP contribution in [0, 0.1) is 0 Å². The fourth-order valence-corrected chi connectivity index (χ4v) is 4.42. The number of carbonyl (C=O) groups excluding carboxylic acids is 2. The number of nitrogens with zero attached hydrogens (tertiary/aromatic N) is 1. The average molecular weight is 404 g/mol. The first kappa shape index (κ1) is 16.4. The number of likely N-dealkylation sites (N-methyl/N-ethyl adjacent to an activating group) is 1. The fourth-order valence-electron chi connectivity index (χ4n) is 3.10. The van der Waals surface area contributed by atoms with E-state index in [2.05, 4.69) is 5.32 Å². The van der Waals surface area contributed by atoms with Crippen LogP contribution in [0.25, 0.3) is 0 Å². The maximum atomic E-state index is 13.6. The van der Waals surface area contributed by atoms with Gasteiger partial charge >= 0.3 is 5.97 Å². The van der Waals surface area contributed by atoms with Gasteiger partial charge in [0.25, 0.3) is 5.91 Å². The smallest absolute Gasteiger partial charge is 0.303 e. The Morgan fingerprint density at radius 2 is 2.00 bits per heavy atom. The minimum atomic E-state index is -2.97. The van der Waals surface area contributed by atoms with Crippen molar-refractivity contribution < 1.29 is 23.2 Å². The third kappa shape index (κ3) is 4.31. The van der Waals surface area contributed by atoms with E-state index in [1.807, 2.05) is 24.3 Å². The van der Waals surface area contributed by atoms with Crippen LogP contribution >= 0.6 is 11.8 Å². The number of hydrogen-bond acceptors (Lipinski definition) is 6. The average Bonchev–Trinajstić information content (AvgIpc) is 2.86. The normalized spacial score (nSPS) is 21.0. The molecule has 0 bridgehead atoms. The molecule has 3 rings (SSSR count). The third-order valence-electron chi connectivity index (χ3n) is 4.46. The molecule has 28 heavy (non-hydrogen) atoms. The van der Waals surface area contributed by atoms with E-state index in [0.29, 0.717) is 30.1 Å². The molecule has 0 saturated carbocycles. The Balaban J connectivity index is 2.08. The van der Waals surface area contributed by atoms with Gasteiger partial charge in [-0.05, 0) is 36.9 Å². The van der Waals surface area contributed by atoms with Crippen LogP contribution in [0.3, 0.4) is 0 Å². The van der Waals surface area contributed by atoms with Gasteiger partial charge in [-0.1, -0.05) is 24.3 Å². The molecule has 7 heteroatoms. The van der Waals surface area contributed by atoms with Gasteiger partial charge < -0.3 is 19.7 Å². The van der Waals surface area contributed by atoms with Gasteiger partial charge in [0.2, 0.25) is 0 Å². The second-order valence-corrected chi connectivity index (χ2v) is 7.38. The van der Waals surface area contributed by atoms with Gasteiger partial charge in [-0.15, -0.1) is 11.8 Å². The van der Waals surface area contributed by atoms with Gasteiger partial charge in [-0.3, -0.25) is 9.59 Å². The molecule has 0 unspecified atom stereocenters. The molecule has 0 saturated heterocycles. The van der Waals surface area contributed by atoms with Crippen molar-refractivity contribution >= 4 is 29.3 Å². The number of fused-ring (bicyclic) bond motifs is 1. The first-order chi connectivity index (χ1) is 14.8. The highest BCUT2D eigenvalue weighted by atomic mass is 32.2. The zero-order chi connectivity index (χ0) is 22.6. The molecule has 1 N–H and O–H groups in total. The summed E-state index contributed by atoms with van der Waals surface area (Å²) in [6, 6.07) is 14.5. The Bertz CT molecular complexity index is 937. The highest BCUT2D eigenvalue weighted by molar-refractivity contribution is 7.99. The predicted molar refractivity (Wildman–Crippen MR) is 110 cm³/mol. The van der Waals surface area contributed by atoms with E-state index in [1.165, 1.54) is 11.8 Å². The largest absolute Gasteiger partial charge is 0.497 e. The highest BCUT2D eigenvalue weighted by Gasteiger charge is 2.40. The van der Waals surface area contributed by atoms with Crippen molar-refractivity contribution in [2.45, 2.75) is 23.1 Å². The molecule has 1 aliphatic heterocycles. The number of rotatable bonds is 6. The van der Waals surface area contributed by atoms with E-state index >= 15 is 0 Å². The summed E-state index contributed by atoms with van der Waals surface area (Å²) >= 11 is 1.36. The quantitative estimate of drug-likeness (QED) is 0.748. The minimum absolute atomic E-state index is 0.337. The molecular weight excluding hydrogens is 376 g/mol. The molecule has 0 aromatic heterocycles. The molecule has 1 aliphatic rings. The first-order valence-electron chi connectivity index (χ1n) is 10.3. The lowest BCUT2D eigenvalue weighted by Crippen LogP contribution is -2.45. The number of hydrogen-bond donors (Lipinski definition) is 1. The van der Waals surface area contributed by atoms with Gasteiger partial charge in [0, 0.05) is 28.9 Å². The van der Waals surface area contributed by atoms with E-state index in [-0.39, 0.29) is 0 Å². The Labute approximate surface area is 173 Å². The summed E-state index contributed by atoms with van der Waals surface area (Å²) in [7, 11) is 3.32. The number of amides is 1. The van der Waals surface area contributed by atoms with Crippen LogP contribution in [0.4, 0.5) is 5.69 Å². The molecular formula is C21H24N2O4S. The number of methoxy groups -OCH3 is 1. The van der Waals surface area contributed by atoms with Crippen molar-refractivity contribution in [3.05, 3.63) is 54.1 Å². The van der Waals surface area contributed by atoms with Crippen molar-refractivity contribution in [1.82, 2.24) is 5.32 Å². The van der Waals surface area contributed by atoms with Gasteiger partial charge in [0.15, 0.2) is 6.10 Å². The van der Waals surface area contributed by atoms with Crippen molar-refractivity contribution in [2.24, 2.45) is 0 Å². The first-order valence-corrected chi connectivity index (χ1v) is 9.71.